The minimum Gasteiger partial charge on any atom is -0.0776 e. The molecule has 0 heteroatoms. The van der Waals surface area contributed by atoms with Gasteiger partial charge in [0, 0.05) is 0 Å². The second-order valence-electron chi connectivity index (χ2n) is 15.9. The van der Waals surface area contributed by atoms with E-state index in [-0.39, 0.29) is 44.6 Å². The molecule has 2 aromatic rings. The summed E-state index contributed by atoms with van der Waals surface area (Å²) in [5.74, 6) is 4.14. The van der Waals surface area contributed by atoms with Crippen molar-refractivity contribution in [3.63, 3.8) is 0 Å². The monoisotopic (exact) mass is 1180 g/mol. The summed E-state index contributed by atoms with van der Waals surface area (Å²) in [6.07, 6.45) is 34.4. The molecule has 3 fully saturated rings. The van der Waals surface area contributed by atoms with Gasteiger partial charge < -0.3 is 0 Å². The zero-order valence-corrected chi connectivity index (χ0v) is 62.1. The molecule has 0 bridgehead atoms. The number of rotatable bonds is 3. The number of hydrogen-bond donors (Lipinski definition) is 0. The highest BCUT2D eigenvalue weighted by Crippen LogP contribution is 2.40. The quantitative estimate of drug-likeness (QED) is 0.287. The van der Waals surface area contributed by atoms with Gasteiger partial charge >= 0.3 is 0 Å². The van der Waals surface area contributed by atoms with Gasteiger partial charge in [0.2, 0.25) is 0 Å². The van der Waals surface area contributed by atoms with Crippen molar-refractivity contribution >= 4 is 0 Å². The molecule has 2 atom stereocenters. The summed E-state index contributed by atoms with van der Waals surface area (Å²) in [5, 5.41) is 0. The molecule has 6 rings (SSSR count). The molecule has 0 spiro atoms. The Morgan fingerprint density at radius 2 is 0.402 bits per heavy atom. The first-order chi connectivity index (χ1) is 37.3. The average Bonchev–Trinajstić information content (AvgIpc) is 3.55. The smallest absolute Gasteiger partial charge is 0.0276 e. The van der Waals surface area contributed by atoms with Crippen LogP contribution in [-0.2, 0) is 12.8 Å². The van der Waals surface area contributed by atoms with Crippen LogP contribution in [0.3, 0.4) is 0 Å². The van der Waals surface area contributed by atoms with Gasteiger partial charge in [0.25, 0.3) is 0 Å². The molecule has 0 radical (unpaired) electrons. The minimum absolute atomic E-state index is 0. The van der Waals surface area contributed by atoms with Crippen LogP contribution in [-0.4, -0.2) is 0 Å². The van der Waals surface area contributed by atoms with Gasteiger partial charge in [0.15, 0.2) is 0 Å². The second kappa shape index (κ2) is 192. The van der Waals surface area contributed by atoms with Crippen LogP contribution in [0.25, 0.3) is 0 Å². The number of hydrogen-bond acceptors (Lipinski definition) is 0. The molecule has 82 heavy (non-hydrogen) atoms. The predicted octanol–water partition coefficient (Wildman–Crippen LogP) is 34.8. The van der Waals surface area contributed by atoms with Crippen LogP contribution in [0.2, 0.25) is 0 Å². The van der Waals surface area contributed by atoms with Crippen LogP contribution in [0.1, 0.15) is 446 Å². The average molecular weight is 1180 g/mol. The van der Waals surface area contributed by atoms with E-state index < -0.39 is 0 Å². The van der Waals surface area contributed by atoms with Gasteiger partial charge in [-0.05, 0) is 60.5 Å². The topological polar surface area (TPSA) is 0 Å². The Balaban J connectivity index is -0.0000000260. The van der Waals surface area contributed by atoms with Gasteiger partial charge in [-0.2, -0.15) is 0 Å². The molecule has 3 saturated carbocycles. The molecular weight excluding hydrogens is 985 g/mol. The van der Waals surface area contributed by atoms with E-state index in [1.807, 2.05) is 203 Å². The van der Waals surface area contributed by atoms with Crippen LogP contribution < -0.4 is 0 Å². The van der Waals surface area contributed by atoms with E-state index in [4.69, 9.17) is 0 Å². The van der Waals surface area contributed by atoms with Crippen LogP contribution in [0.5, 0.6) is 0 Å². The van der Waals surface area contributed by atoms with E-state index in [9.17, 15) is 0 Å². The van der Waals surface area contributed by atoms with Gasteiger partial charge in [-0.3, -0.25) is 0 Å². The van der Waals surface area contributed by atoms with Gasteiger partial charge in [0.1, 0.15) is 0 Å². The third-order valence-electron chi connectivity index (χ3n) is 10.2. The fourth-order valence-electron chi connectivity index (χ4n) is 6.78. The maximum Gasteiger partial charge on any atom is -0.0276 e. The summed E-state index contributed by atoms with van der Waals surface area (Å²) in [6.45, 7) is 74.2. The molecule has 0 amide bonds. The van der Waals surface area contributed by atoms with Crippen molar-refractivity contribution in [1.29, 1.82) is 0 Å². The van der Waals surface area contributed by atoms with Crippen molar-refractivity contribution in [3.05, 3.63) is 71.8 Å². The van der Waals surface area contributed by atoms with Crippen LogP contribution in [0.4, 0.5) is 0 Å². The fourth-order valence-corrected chi connectivity index (χ4v) is 6.78. The SMILES string of the molecule is C.C.C.C.C.C.C1CCC2CCCCC2C1.C1CCCCC1.CC.CC.CC.CC.CC.CC.CC.CC.CC.CC.CC.CC.CCC.CCC.CCC.CCC.CCC(C)C(C)CC.c1ccc2c(c1)CCCC2.c1ccccc1. The Labute approximate surface area is 540 Å². The fraction of sp³-hybridized carbons (Fsp3) is 0.854. The lowest BCUT2D eigenvalue weighted by atomic mass is 9.71. The zero-order valence-electron chi connectivity index (χ0n) is 62.1. The van der Waals surface area contributed by atoms with Crippen molar-refractivity contribution in [1.82, 2.24) is 0 Å². The van der Waals surface area contributed by atoms with Gasteiger partial charge in [-0.25, -0.2) is 0 Å². The first kappa shape index (κ1) is 144. The van der Waals surface area contributed by atoms with Gasteiger partial charge in [-0.15, -0.1) is 0 Å². The Kier molecular flexibility index (Phi) is 337. The third kappa shape index (κ3) is 159. The number of aryl methyl sites for hydroxylation is 2. The first-order valence-corrected chi connectivity index (χ1v) is 35.4. The molecule has 4 aliphatic carbocycles. The molecule has 4 aliphatic rings. The second-order valence-corrected chi connectivity index (χ2v) is 15.9. The summed E-state index contributed by atoms with van der Waals surface area (Å²) in [5.41, 5.74) is 3.16. The van der Waals surface area contributed by atoms with Gasteiger partial charge in [0.05, 0.1) is 0 Å². The zero-order chi connectivity index (χ0) is 63.5. The Hall–Kier alpha value is -1.56. The summed E-state index contributed by atoms with van der Waals surface area (Å²) >= 11 is 0. The third-order valence-corrected chi connectivity index (χ3v) is 10.2. The highest BCUT2D eigenvalue weighted by Gasteiger charge is 2.26. The molecule has 2 unspecified atom stereocenters. The number of benzene rings is 2. The summed E-state index contributed by atoms with van der Waals surface area (Å²) in [4.78, 5) is 0. The lowest BCUT2D eigenvalue weighted by Crippen LogP contribution is -2.22. The van der Waals surface area contributed by atoms with E-state index >= 15 is 0 Å². The van der Waals surface area contributed by atoms with Crippen molar-refractivity contribution in [2.45, 2.75) is 448 Å². The molecule has 0 nitrogen and oxygen atoms in total. The normalized spacial score (nSPS) is 12.8. The predicted molar refractivity (Wildman–Crippen MR) is 420 cm³/mol. The van der Waals surface area contributed by atoms with E-state index in [1.165, 1.54) is 128 Å². The maximum absolute atomic E-state index is 2.33. The molecule has 0 aromatic heterocycles. The molecule has 2 aromatic carbocycles. The van der Waals surface area contributed by atoms with E-state index in [1.54, 1.807) is 36.8 Å². The lowest BCUT2D eigenvalue weighted by Gasteiger charge is -2.35. The van der Waals surface area contributed by atoms with E-state index in [0.717, 1.165) is 23.7 Å². The van der Waals surface area contributed by atoms with Crippen LogP contribution in [0.15, 0.2) is 60.7 Å². The molecule has 522 valence electrons. The van der Waals surface area contributed by atoms with Gasteiger partial charge in [-0.1, -0.05) is 483 Å². The summed E-state index contributed by atoms with van der Waals surface area (Å²) in [7, 11) is 0. The molecule has 0 aliphatic heterocycles. The standard InChI is InChI=1S/C10H18.C10H12.C8H18.C6H12.C6H6.4C3H8.12C2H6.6CH4/c2*1-2-6-10-8-4-3-7-9(10)5-1;1-5-7(3)8(4)6-2;2*1-2-4-6-5-3-1;4*1-3-2;12*1-2;;;;;;/h9-10H,1-8H2;1-2,5-6H,3-4,7-8H2;7-8H,5-6H2,1-4H3;1-6H2;1-6H;4*3H2,1-2H3;12*1-2H3;6*1H4. The first-order valence-electron chi connectivity index (χ1n) is 35.4. The maximum atomic E-state index is 2.33. The van der Waals surface area contributed by atoms with Crippen molar-refractivity contribution in [2.75, 3.05) is 0 Å². The van der Waals surface area contributed by atoms with Crippen molar-refractivity contribution < 1.29 is 0 Å². The highest BCUT2D eigenvalue weighted by molar-refractivity contribution is 5.28. The van der Waals surface area contributed by atoms with Crippen LogP contribution >= 0.6 is 0 Å². The Morgan fingerprint density at radius 3 is 0.537 bits per heavy atom. The summed E-state index contributed by atoms with van der Waals surface area (Å²) in [6, 6.07) is 20.8. The molecule has 0 N–H and O–H groups in total. The Bertz CT molecular complexity index is 759. The summed E-state index contributed by atoms with van der Waals surface area (Å²) < 4.78 is 0. The number of fused-ring (bicyclic) bond motifs is 2. The van der Waals surface area contributed by atoms with E-state index in [2.05, 4.69) is 107 Å². The van der Waals surface area contributed by atoms with E-state index in [0.29, 0.717) is 0 Å². The molecule has 0 heterocycles. The largest absolute Gasteiger partial charge is 0.0776 e. The Morgan fingerprint density at radius 1 is 0.256 bits per heavy atom. The molecular formula is C82H194. The van der Waals surface area contributed by atoms with Crippen molar-refractivity contribution in [2.24, 2.45) is 23.7 Å². The van der Waals surface area contributed by atoms with Crippen molar-refractivity contribution in [3.8, 4) is 0 Å². The minimum atomic E-state index is 0. The molecule has 0 saturated heterocycles. The lowest BCUT2D eigenvalue weighted by molar-refractivity contribution is 0.171. The highest BCUT2D eigenvalue weighted by atomic mass is 14.3. The van der Waals surface area contributed by atoms with Crippen LogP contribution in [0, 0.1) is 23.7 Å².